The van der Waals surface area contributed by atoms with Crippen LogP contribution in [0.1, 0.15) is 31.7 Å². The molecule has 1 heterocycles. The zero-order valence-electron chi connectivity index (χ0n) is 10.6. The van der Waals surface area contributed by atoms with Gasteiger partial charge in [-0.15, -0.1) is 0 Å². The number of nitrogens with zero attached hydrogens (tertiary/aromatic N) is 1. The van der Waals surface area contributed by atoms with E-state index < -0.39 is 0 Å². The van der Waals surface area contributed by atoms with E-state index in [0.717, 1.165) is 32.6 Å². The molecule has 17 heavy (non-hydrogen) atoms. The summed E-state index contributed by atoms with van der Waals surface area (Å²) in [5, 5.41) is 0. The van der Waals surface area contributed by atoms with Crippen molar-refractivity contribution in [2.45, 2.75) is 32.8 Å². The summed E-state index contributed by atoms with van der Waals surface area (Å²) in [5.74, 6) is 0.698. The van der Waals surface area contributed by atoms with E-state index in [1.54, 1.807) is 0 Å². The number of aliphatic imine (C=N–C) groups is 1. The third-order valence-electron chi connectivity index (χ3n) is 3.28. The Labute approximate surface area is 104 Å². The highest BCUT2D eigenvalue weighted by atomic mass is 16.5. The predicted molar refractivity (Wildman–Crippen MR) is 71.4 cm³/mol. The molecule has 0 spiro atoms. The first-order chi connectivity index (χ1) is 8.36. The molecule has 92 valence electrons. The van der Waals surface area contributed by atoms with E-state index in [-0.39, 0.29) is 0 Å². The van der Waals surface area contributed by atoms with Crippen LogP contribution in [0.25, 0.3) is 0 Å². The van der Waals surface area contributed by atoms with Crippen molar-refractivity contribution in [1.82, 2.24) is 0 Å². The molecule has 0 radical (unpaired) electrons. The number of hydrogen-bond donors (Lipinski definition) is 0. The summed E-state index contributed by atoms with van der Waals surface area (Å²) in [4.78, 5) is 4.53. The second-order valence-corrected chi connectivity index (χ2v) is 4.70. The van der Waals surface area contributed by atoms with Gasteiger partial charge in [-0.3, -0.25) is 4.99 Å². The molecule has 0 bridgehead atoms. The van der Waals surface area contributed by atoms with Gasteiger partial charge in [0, 0.05) is 18.9 Å². The minimum Gasteiger partial charge on any atom is -0.377 e. The highest BCUT2D eigenvalue weighted by Crippen LogP contribution is 2.16. The van der Waals surface area contributed by atoms with Crippen LogP contribution in [-0.2, 0) is 11.3 Å². The Morgan fingerprint density at radius 3 is 2.82 bits per heavy atom. The molecule has 1 aromatic rings. The lowest BCUT2D eigenvalue weighted by Gasteiger charge is -2.07. The Hall–Kier alpha value is -1.15. The molecular formula is C15H21NO. The molecule has 0 saturated carbocycles. The Bertz CT molecular complexity index is 358. The van der Waals surface area contributed by atoms with Gasteiger partial charge in [0.25, 0.3) is 0 Å². The van der Waals surface area contributed by atoms with Gasteiger partial charge < -0.3 is 4.74 Å². The van der Waals surface area contributed by atoms with E-state index >= 15 is 0 Å². The van der Waals surface area contributed by atoms with E-state index in [9.17, 15) is 0 Å². The van der Waals surface area contributed by atoms with Gasteiger partial charge in [-0.1, -0.05) is 37.3 Å². The molecule has 0 amide bonds. The summed E-state index contributed by atoms with van der Waals surface area (Å²) in [7, 11) is 0. The number of rotatable bonds is 6. The summed E-state index contributed by atoms with van der Waals surface area (Å²) in [6, 6.07) is 10.3. The topological polar surface area (TPSA) is 21.6 Å². The first-order valence-corrected chi connectivity index (χ1v) is 6.51. The van der Waals surface area contributed by atoms with Crippen molar-refractivity contribution in [3.63, 3.8) is 0 Å². The number of ether oxygens (including phenoxy) is 1. The maximum absolute atomic E-state index is 5.66. The molecule has 0 aromatic heterocycles. The van der Waals surface area contributed by atoms with Gasteiger partial charge in [-0.05, 0) is 30.7 Å². The lowest BCUT2D eigenvalue weighted by molar-refractivity contribution is 0.119. The Morgan fingerprint density at radius 2 is 2.12 bits per heavy atom. The molecule has 1 aliphatic rings. The molecule has 0 saturated heterocycles. The Kier molecular flexibility index (Phi) is 4.75. The van der Waals surface area contributed by atoms with Crippen LogP contribution in [0.2, 0.25) is 0 Å². The van der Waals surface area contributed by atoms with Crippen molar-refractivity contribution >= 4 is 5.71 Å². The molecule has 1 unspecified atom stereocenters. The van der Waals surface area contributed by atoms with Crippen molar-refractivity contribution in [3.05, 3.63) is 35.9 Å². The van der Waals surface area contributed by atoms with Gasteiger partial charge in [-0.25, -0.2) is 0 Å². The van der Waals surface area contributed by atoms with E-state index in [4.69, 9.17) is 4.74 Å². The fourth-order valence-corrected chi connectivity index (χ4v) is 2.17. The lowest BCUT2D eigenvalue weighted by atomic mass is 10.0. The highest BCUT2D eigenvalue weighted by molar-refractivity contribution is 5.87. The van der Waals surface area contributed by atoms with E-state index in [0.29, 0.717) is 5.92 Å². The van der Waals surface area contributed by atoms with Crippen molar-refractivity contribution in [2.24, 2.45) is 10.9 Å². The van der Waals surface area contributed by atoms with Gasteiger partial charge >= 0.3 is 0 Å². The third kappa shape index (κ3) is 3.97. The van der Waals surface area contributed by atoms with Gasteiger partial charge in [0.2, 0.25) is 0 Å². The standard InChI is InChI=1S/C15H21NO/c1-13-9-10-16-15(13)8-5-11-17-12-14-6-3-2-4-7-14/h2-4,6-7,13H,5,8-12H2,1H3. The SMILES string of the molecule is CC1CCN=C1CCCOCc1ccccc1. The fourth-order valence-electron chi connectivity index (χ4n) is 2.17. The maximum Gasteiger partial charge on any atom is 0.0716 e. The second kappa shape index (κ2) is 6.55. The van der Waals surface area contributed by atoms with Crippen LogP contribution in [0.5, 0.6) is 0 Å². The Balaban J connectivity index is 1.58. The van der Waals surface area contributed by atoms with Crippen LogP contribution < -0.4 is 0 Å². The van der Waals surface area contributed by atoms with Crippen LogP contribution >= 0.6 is 0 Å². The van der Waals surface area contributed by atoms with Crippen LogP contribution in [-0.4, -0.2) is 18.9 Å². The quantitative estimate of drug-likeness (QED) is 0.687. The van der Waals surface area contributed by atoms with Crippen LogP contribution in [0.15, 0.2) is 35.3 Å². The predicted octanol–water partition coefficient (Wildman–Crippen LogP) is 3.46. The molecule has 2 heteroatoms. The number of benzene rings is 1. The van der Waals surface area contributed by atoms with Crippen molar-refractivity contribution in [2.75, 3.05) is 13.2 Å². The third-order valence-corrected chi connectivity index (χ3v) is 3.28. The molecular weight excluding hydrogens is 210 g/mol. The number of hydrogen-bond acceptors (Lipinski definition) is 2. The summed E-state index contributed by atoms with van der Waals surface area (Å²) in [6.07, 6.45) is 3.44. The fraction of sp³-hybridized carbons (Fsp3) is 0.533. The molecule has 2 rings (SSSR count). The minimum absolute atomic E-state index is 0.698. The monoisotopic (exact) mass is 231 g/mol. The molecule has 0 N–H and O–H groups in total. The van der Waals surface area contributed by atoms with E-state index in [1.807, 2.05) is 18.2 Å². The average Bonchev–Trinajstić information content (AvgIpc) is 2.76. The highest BCUT2D eigenvalue weighted by Gasteiger charge is 2.14. The molecule has 1 aliphatic heterocycles. The van der Waals surface area contributed by atoms with Gasteiger partial charge in [-0.2, -0.15) is 0 Å². The summed E-state index contributed by atoms with van der Waals surface area (Å²) in [6.45, 7) is 4.86. The van der Waals surface area contributed by atoms with E-state index in [1.165, 1.54) is 17.7 Å². The average molecular weight is 231 g/mol. The maximum atomic E-state index is 5.66. The van der Waals surface area contributed by atoms with Gasteiger partial charge in [0.05, 0.1) is 6.61 Å². The first kappa shape index (κ1) is 12.3. The summed E-state index contributed by atoms with van der Waals surface area (Å²) >= 11 is 0. The lowest BCUT2D eigenvalue weighted by Crippen LogP contribution is -2.07. The normalized spacial score (nSPS) is 19.4. The van der Waals surface area contributed by atoms with Crippen LogP contribution in [0, 0.1) is 5.92 Å². The first-order valence-electron chi connectivity index (χ1n) is 6.51. The zero-order chi connectivity index (χ0) is 11.9. The largest absolute Gasteiger partial charge is 0.377 e. The van der Waals surface area contributed by atoms with Crippen LogP contribution in [0.3, 0.4) is 0 Å². The molecule has 1 aromatic carbocycles. The van der Waals surface area contributed by atoms with Crippen molar-refractivity contribution in [1.29, 1.82) is 0 Å². The molecule has 0 fully saturated rings. The van der Waals surface area contributed by atoms with Crippen molar-refractivity contribution in [3.8, 4) is 0 Å². The second-order valence-electron chi connectivity index (χ2n) is 4.70. The molecule has 2 nitrogen and oxygen atoms in total. The zero-order valence-corrected chi connectivity index (χ0v) is 10.6. The van der Waals surface area contributed by atoms with Gasteiger partial charge in [0.15, 0.2) is 0 Å². The van der Waals surface area contributed by atoms with E-state index in [2.05, 4.69) is 24.0 Å². The summed E-state index contributed by atoms with van der Waals surface area (Å²) < 4.78 is 5.66. The molecule has 1 atom stereocenters. The minimum atomic E-state index is 0.698. The summed E-state index contributed by atoms with van der Waals surface area (Å²) in [5.41, 5.74) is 2.65. The smallest absolute Gasteiger partial charge is 0.0716 e. The van der Waals surface area contributed by atoms with Crippen molar-refractivity contribution < 1.29 is 4.74 Å². The van der Waals surface area contributed by atoms with Crippen LogP contribution in [0.4, 0.5) is 0 Å². The van der Waals surface area contributed by atoms with Gasteiger partial charge in [0.1, 0.15) is 0 Å². The Morgan fingerprint density at radius 1 is 1.29 bits per heavy atom. The molecule has 0 aliphatic carbocycles.